The Balaban J connectivity index is 5.14. The van der Waals surface area contributed by atoms with Crippen LogP contribution in [-0.4, -0.2) is 5.71 Å². The van der Waals surface area contributed by atoms with Crippen LogP contribution in [-0.2, 0) is 0 Å². The molecule has 0 unspecified atom stereocenters. The first-order valence-electron chi connectivity index (χ1n) is 4.40. The van der Waals surface area contributed by atoms with Crippen molar-refractivity contribution >= 4 is 5.71 Å². The van der Waals surface area contributed by atoms with Gasteiger partial charge in [0, 0.05) is 11.1 Å². The van der Waals surface area contributed by atoms with Crippen LogP contribution >= 0.6 is 0 Å². The van der Waals surface area contributed by atoms with Gasteiger partial charge in [0.15, 0.2) is 0 Å². The van der Waals surface area contributed by atoms with Gasteiger partial charge in [-0.05, 0) is 12.2 Å². The monoisotopic (exact) mass is 188 g/mol. The molecule has 0 aromatic heterocycles. The molecule has 0 saturated heterocycles. The first kappa shape index (κ1) is 12.4. The summed E-state index contributed by atoms with van der Waals surface area (Å²) in [6, 6.07) is 1.99. The lowest BCUT2D eigenvalue weighted by Crippen LogP contribution is -2.17. The van der Waals surface area contributed by atoms with E-state index in [1.807, 2.05) is 26.8 Å². The second-order valence-corrected chi connectivity index (χ2v) is 3.85. The molecule has 2 nitrogen and oxygen atoms in total. The molecule has 0 aliphatic carbocycles. The minimum Gasteiger partial charge on any atom is -0.242 e. The van der Waals surface area contributed by atoms with Crippen molar-refractivity contribution in [2.75, 3.05) is 0 Å². The molecule has 74 valence electrons. The summed E-state index contributed by atoms with van der Waals surface area (Å²) in [5, 5.41) is 8.76. The highest BCUT2D eigenvalue weighted by atomic mass is 14.8. The average Bonchev–Trinajstić information content (AvgIpc) is 2.10. The summed E-state index contributed by atoms with van der Waals surface area (Å²) in [6.07, 6.45) is 4.80. The lowest BCUT2D eigenvalue weighted by molar-refractivity contribution is 0.594. The molecule has 0 radical (unpaired) electrons. The van der Waals surface area contributed by atoms with E-state index >= 15 is 0 Å². The molecule has 0 fully saturated rings. The zero-order valence-electron chi connectivity index (χ0n) is 9.04. The maximum absolute atomic E-state index is 8.76. The topological polar surface area (TPSA) is 36.1 Å². The highest BCUT2D eigenvalue weighted by Crippen LogP contribution is 2.18. The minimum absolute atomic E-state index is 0.0984. The largest absolute Gasteiger partial charge is 0.242 e. The molecule has 0 saturated carbocycles. The Morgan fingerprint density at radius 1 is 1.36 bits per heavy atom. The van der Waals surface area contributed by atoms with Gasteiger partial charge >= 0.3 is 0 Å². The van der Waals surface area contributed by atoms with Gasteiger partial charge in [0.05, 0.1) is 0 Å². The lowest BCUT2D eigenvalue weighted by Gasteiger charge is -2.18. The van der Waals surface area contributed by atoms with Gasteiger partial charge in [-0.2, -0.15) is 5.26 Å². The predicted octanol–water partition coefficient (Wildman–Crippen LogP) is 3.25. The van der Waals surface area contributed by atoms with Crippen LogP contribution in [0.15, 0.2) is 42.1 Å². The van der Waals surface area contributed by atoms with E-state index in [4.69, 9.17) is 5.26 Å². The quantitative estimate of drug-likeness (QED) is 0.380. The molecule has 0 spiro atoms. The van der Waals surface area contributed by atoms with E-state index in [-0.39, 0.29) is 5.41 Å². The van der Waals surface area contributed by atoms with Crippen molar-refractivity contribution in [1.82, 2.24) is 0 Å². The van der Waals surface area contributed by atoms with E-state index in [2.05, 4.69) is 18.2 Å². The zero-order valence-corrected chi connectivity index (χ0v) is 9.04. The van der Waals surface area contributed by atoms with Gasteiger partial charge in [0.2, 0.25) is 0 Å². The van der Waals surface area contributed by atoms with Crippen molar-refractivity contribution in [2.45, 2.75) is 20.8 Å². The van der Waals surface area contributed by atoms with Gasteiger partial charge in [-0.25, -0.2) is 4.99 Å². The van der Waals surface area contributed by atoms with Crippen LogP contribution in [0.1, 0.15) is 20.8 Å². The van der Waals surface area contributed by atoms with E-state index < -0.39 is 0 Å². The molecule has 0 aromatic rings. The second-order valence-electron chi connectivity index (χ2n) is 3.85. The average molecular weight is 188 g/mol. The van der Waals surface area contributed by atoms with Gasteiger partial charge in [-0.15, -0.1) is 0 Å². The summed E-state index contributed by atoms with van der Waals surface area (Å²) in [5.74, 6) is 0. The van der Waals surface area contributed by atoms with Crippen LogP contribution in [0.5, 0.6) is 0 Å². The molecule has 0 aromatic carbocycles. The number of allylic oxidation sites excluding steroid dienone is 4. The molecule has 0 rings (SSSR count). The van der Waals surface area contributed by atoms with Gasteiger partial charge in [-0.1, -0.05) is 40.0 Å². The number of rotatable bonds is 3. The zero-order chi connectivity index (χ0) is 11.2. The fraction of sp³-hybridized carbons (Fsp3) is 0.333. The standard InChI is InChI=1S/C12H16N2/c1-6-8-10(9-13)14-11(7-2)12(3,4)5/h6-8H,1-2H2,3-5H3/b10-8-,14-11+. The molecule has 0 amide bonds. The van der Waals surface area contributed by atoms with Gasteiger partial charge in [0.1, 0.15) is 11.8 Å². The Morgan fingerprint density at radius 3 is 2.21 bits per heavy atom. The van der Waals surface area contributed by atoms with Crippen molar-refractivity contribution in [3.8, 4) is 6.07 Å². The van der Waals surface area contributed by atoms with Gasteiger partial charge in [0.25, 0.3) is 0 Å². The first-order chi connectivity index (χ1) is 6.45. The summed E-state index contributed by atoms with van der Waals surface area (Å²) in [4.78, 5) is 4.20. The summed E-state index contributed by atoms with van der Waals surface area (Å²) < 4.78 is 0. The second kappa shape index (κ2) is 5.18. The van der Waals surface area contributed by atoms with Crippen LogP contribution in [0, 0.1) is 16.7 Å². The van der Waals surface area contributed by atoms with Crippen molar-refractivity contribution < 1.29 is 0 Å². The van der Waals surface area contributed by atoms with Crippen LogP contribution in [0.3, 0.4) is 0 Å². The Kier molecular flexibility index (Phi) is 4.58. The molecule has 0 atom stereocenters. The SMILES string of the molecule is C=C/C=C(C#N)\N=C(/C=C)C(C)(C)C. The first-order valence-corrected chi connectivity index (χ1v) is 4.40. The highest BCUT2D eigenvalue weighted by molar-refractivity contribution is 5.99. The highest BCUT2D eigenvalue weighted by Gasteiger charge is 2.16. The lowest BCUT2D eigenvalue weighted by atomic mass is 9.90. The maximum Gasteiger partial charge on any atom is 0.140 e. The third kappa shape index (κ3) is 3.86. The third-order valence-corrected chi connectivity index (χ3v) is 1.59. The summed E-state index contributed by atoms with van der Waals surface area (Å²) in [5.41, 5.74) is 1.05. The van der Waals surface area contributed by atoms with Crippen molar-refractivity contribution in [2.24, 2.45) is 10.4 Å². The Hall–Kier alpha value is -1.62. The van der Waals surface area contributed by atoms with Crippen molar-refractivity contribution in [3.63, 3.8) is 0 Å². The van der Waals surface area contributed by atoms with E-state index in [0.29, 0.717) is 5.70 Å². The summed E-state index contributed by atoms with van der Waals surface area (Å²) >= 11 is 0. The molecule has 0 aliphatic heterocycles. The van der Waals surface area contributed by atoms with Crippen LogP contribution in [0.25, 0.3) is 0 Å². The number of nitriles is 1. The number of aliphatic imine (C=N–C) groups is 1. The molecule has 14 heavy (non-hydrogen) atoms. The smallest absolute Gasteiger partial charge is 0.140 e. The van der Waals surface area contributed by atoms with Crippen molar-refractivity contribution in [1.29, 1.82) is 5.26 Å². The fourth-order valence-corrected chi connectivity index (χ4v) is 0.860. The molecule has 0 heterocycles. The Morgan fingerprint density at radius 2 is 1.93 bits per heavy atom. The van der Waals surface area contributed by atoms with Gasteiger partial charge < -0.3 is 0 Å². The van der Waals surface area contributed by atoms with E-state index in [1.165, 1.54) is 0 Å². The summed E-state index contributed by atoms with van der Waals surface area (Å²) in [6.45, 7) is 13.3. The number of nitrogens with zero attached hydrogens (tertiary/aromatic N) is 2. The fourth-order valence-electron chi connectivity index (χ4n) is 0.860. The number of hydrogen-bond acceptors (Lipinski definition) is 2. The van der Waals surface area contributed by atoms with Crippen molar-refractivity contribution in [3.05, 3.63) is 37.1 Å². The van der Waals surface area contributed by atoms with Crippen LogP contribution in [0.4, 0.5) is 0 Å². The minimum atomic E-state index is -0.0984. The molecule has 0 aliphatic rings. The molecule has 0 bridgehead atoms. The Labute approximate surface area is 86.0 Å². The van der Waals surface area contributed by atoms with E-state index in [1.54, 1.807) is 18.2 Å². The molecule has 2 heteroatoms. The van der Waals surface area contributed by atoms with Crippen LogP contribution in [0.2, 0.25) is 0 Å². The molecule has 0 N–H and O–H groups in total. The third-order valence-electron chi connectivity index (χ3n) is 1.59. The predicted molar refractivity (Wildman–Crippen MR) is 61.0 cm³/mol. The number of hydrogen-bond donors (Lipinski definition) is 0. The summed E-state index contributed by atoms with van der Waals surface area (Å²) in [7, 11) is 0. The van der Waals surface area contributed by atoms with Gasteiger partial charge in [-0.3, -0.25) is 0 Å². The molecular weight excluding hydrogens is 172 g/mol. The van der Waals surface area contributed by atoms with E-state index in [0.717, 1.165) is 5.71 Å². The Bertz CT molecular complexity index is 319. The van der Waals surface area contributed by atoms with E-state index in [9.17, 15) is 0 Å². The molecular formula is C12H16N2. The normalized spacial score (nSPS) is 13.3. The van der Waals surface area contributed by atoms with Crippen LogP contribution < -0.4 is 0 Å². The maximum atomic E-state index is 8.76.